The molecule has 2 unspecified atom stereocenters. The molecule has 0 aromatic rings. The van der Waals surface area contributed by atoms with Crippen LogP contribution in [-0.4, -0.2) is 54.3 Å². The van der Waals surface area contributed by atoms with E-state index in [1.54, 1.807) is 0 Å². The van der Waals surface area contributed by atoms with Crippen LogP contribution in [0.15, 0.2) is 4.99 Å². The van der Waals surface area contributed by atoms with Gasteiger partial charge in [-0.3, -0.25) is 9.89 Å². The minimum atomic E-state index is 0.00512. The van der Waals surface area contributed by atoms with Gasteiger partial charge in [-0.2, -0.15) is 0 Å². The molecule has 128 valence electrons. The number of guanidine groups is 1. The molecule has 0 radical (unpaired) electrons. The average molecular weight is 310 g/mol. The Morgan fingerprint density at radius 1 is 1.18 bits per heavy atom. The van der Waals surface area contributed by atoms with Crippen LogP contribution in [0.1, 0.15) is 59.8 Å². The summed E-state index contributed by atoms with van der Waals surface area (Å²) in [5.74, 6) is 0.606. The van der Waals surface area contributed by atoms with Gasteiger partial charge < -0.3 is 15.8 Å². The Hall–Kier alpha value is -0.810. The van der Waals surface area contributed by atoms with E-state index in [-0.39, 0.29) is 17.7 Å². The molecule has 1 aliphatic heterocycles. The zero-order valence-corrected chi connectivity index (χ0v) is 14.8. The topological polar surface area (TPSA) is 62.9 Å². The van der Waals surface area contributed by atoms with Crippen molar-refractivity contribution in [2.75, 3.05) is 19.6 Å². The standard InChI is InChI=1S/C17H34N4O/c1-13-10-21(11-14(2)22-13)17(3,4)12-19-16(18)20-15-8-6-5-7-9-15/h13-15H,5-12H2,1-4H3,(H3,18,19,20). The van der Waals surface area contributed by atoms with Crippen molar-refractivity contribution in [1.82, 2.24) is 10.2 Å². The molecule has 0 spiro atoms. The number of nitrogens with one attached hydrogen (secondary N) is 1. The van der Waals surface area contributed by atoms with Gasteiger partial charge in [0.1, 0.15) is 0 Å². The Kier molecular flexibility index (Phi) is 6.09. The van der Waals surface area contributed by atoms with Gasteiger partial charge in [-0.1, -0.05) is 19.3 Å². The van der Waals surface area contributed by atoms with E-state index in [4.69, 9.17) is 10.5 Å². The minimum absolute atomic E-state index is 0.00512. The van der Waals surface area contributed by atoms with Gasteiger partial charge in [-0.15, -0.1) is 0 Å². The highest BCUT2D eigenvalue weighted by molar-refractivity contribution is 5.78. The first kappa shape index (κ1) is 17.5. The van der Waals surface area contributed by atoms with Gasteiger partial charge in [-0.25, -0.2) is 0 Å². The van der Waals surface area contributed by atoms with Gasteiger partial charge in [0, 0.05) is 24.7 Å². The molecule has 2 atom stereocenters. The molecule has 1 saturated carbocycles. The van der Waals surface area contributed by atoms with Gasteiger partial charge >= 0.3 is 0 Å². The summed E-state index contributed by atoms with van der Waals surface area (Å²) in [6, 6.07) is 0.518. The molecule has 5 heteroatoms. The minimum Gasteiger partial charge on any atom is -0.373 e. The van der Waals surface area contributed by atoms with Crippen molar-refractivity contribution in [2.45, 2.75) is 83.6 Å². The zero-order chi connectivity index (χ0) is 16.2. The summed E-state index contributed by atoms with van der Waals surface area (Å²) in [5, 5.41) is 3.40. The second-order valence-electron chi connectivity index (χ2n) is 7.66. The average Bonchev–Trinajstić information content (AvgIpc) is 2.45. The predicted octanol–water partition coefficient (Wildman–Crippen LogP) is 2.11. The van der Waals surface area contributed by atoms with Crippen LogP contribution >= 0.6 is 0 Å². The molecule has 3 N–H and O–H groups in total. The van der Waals surface area contributed by atoms with Crippen LogP contribution in [-0.2, 0) is 4.74 Å². The number of hydrogen-bond donors (Lipinski definition) is 2. The van der Waals surface area contributed by atoms with Gasteiger partial charge in [0.05, 0.1) is 18.8 Å². The molecule has 0 amide bonds. The summed E-state index contributed by atoms with van der Waals surface area (Å²) < 4.78 is 5.82. The van der Waals surface area contributed by atoms with E-state index in [1.165, 1.54) is 32.1 Å². The fraction of sp³-hybridized carbons (Fsp3) is 0.941. The van der Waals surface area contributed by atoms with Crippen LogP contribution < -0.4 is 11.1 Å². The highest BCUT2D eigenvalue weighted by Gasteiger charge is 2.33. The number of morpholine rings is 1. The van der Waals surface area contributed by atoms with Crippen LogP contribution in [0.3, 0.4) is 0 Å². The molecule has 0 bridgehead atoms. The monoisotopic (exact) mass is 310 g/mol. The summed E-state index contributed by atoms with van der Waals surface area (Å²) in [6.07, 6.45) is 6.97. The number of rotatable bonds is 4. The van der Waals surface area contributed by atoms with E-state index in [0.29, 0.717) is 12.0 Å². The first-order chi connectivity index (χ1) is 10.4. The van der Waals surface area contributed by atoms with E-state index in [2.05, 4.69) is 42.9 Å². The van der Waals surface area contributed by atoms with E-state index >= 15 is 0 Å². The molecule has 1 heterocycles. The van der Waals surface area contributed by atoms with Crippen molar-refractivity contribution in [3.63, 3.8) is 0 Å². The van der Waals surface area contributed by atoms with E-state index in [1.807, 2.05) is 0 Å². The zero-order valence-electron chi connectivity index (χ0n) is 14.8. The lowest BCUT2D eigenvalue weighted by Gasteiger charge is -2.44. The van der Waals surface area contributed by atoms with Crippen LogP contribution in [0.25, 0.3) is 0 Å². The summed E-state index contributed by atoms with van der Waals surface area (Å²) in [6.45, 7) is 11.4. The van der Waals surface area contributed by atoms with Crippen molar-refractivity contribution in [3.05, 3.63) is 0 Å². The maximum absolute atomic E-state index is 6.09. The van der Waals surface area contributed by atoms with Crippen molar-refractivity contribution < 1.29 is 4.74 Å². The van der Waals surface area contributed by atoms with E-state index < -0.39 is 0 Å². The van der Waals surface area contributed by atoms with Crippen molar-refractivity contribution >= 4 is 5.96 Å². The van der Waals surface area contributed by atoms with E-state index in [9.17, 15) is 0 Å². The molecule has 1 aliphatic carbocycles. The summed E-state index contributed by atoms with van der Waals surface area (Å²) in [4.78, 5) is 7.09. The smallest absolute Gasteiger partial charge is 0.188 e. The fourth-order valence-corrected chi connectivity index (χ4v) is 3.55. The van der Waals surface area contributed by atoms with Crippen molar-refractivity contribution in [3.8, 4) is 0 Å². The lowest BCUT2D eigenvalue weighted by molar-refractivity contribution is -0.0939. The number of nitrogens with zero attached hydrogens (tertiary/aromatic N) is 2. The largest absolute Gasteiger partial charge is 0.373 e. The van der Waals surface area contributed by atoms with Crippen molar-refractivity contribution in [1.29, 1.82) is 0 Å². The summed E-state index contributed by atoms with van der Waals surface area (Å²) in [7, 11) is 0. The van der Waals surface area contributed by atoms with Gasteiger partial charge in [0.2, 0.25) is 0 Å². The molecular weight excluding hydrogens is 276 g/mol. The molecule has 2 aliphatic rings. The van der Waals surface area contributed by atoms with Gasteiger partial charge in [0.15, 0.2) is 5.96 Å². The lowest BCUT2D eigenvalue weighted by Crippen LogP contribution is -2.56. The molecule has 2 rings (SSSR count). The third kappa shape index (κ3) is 5.13. The molecule has 22 heavy (non-hydrogen) atoms. The molecule has 0 aromatic heterocycles. The third-order valence-corrected chi connectivity index (χ3v) is 4.87. The van der Waals surface area contributed by atoms with E-state index in [0.717, 1.165) is 19.6 Å². The lowest BCUT2D eigenvalue weighted by atomic mass is 9.96. The normalized spacial score (nSPS) is 29.5. The Morgan fingerprint density at radius 3 is 2.36 bits per heavy atom. The first-order valence-corrected chi connectivity index (χ1v) is 8.84. The van der Waals surface area contributed by atoms with Crippen LogP contribution in [0.5, 0.6) is 0 Å². The fourth-order valence-electron chi connectivity index (χ4n) is 3.55. The Bertz CT molecular complexity index is 367. The SMILES string of the molecule is CC1CN(C(C)(C)CN=C(N)NC2CCCCC2)CC(C)O1. The Morgan fingerprint density at radius 2 is 1.77 bits per heavy atom. The van der Waals surface area contributed by atoms with Crippen LogP contribution in [0, 0.1) is 0 Å². The van der Waals surface area contributed by atoms with Gasteiger partial charge in [0.25, 0.3) is 0 Å². The Labute approximate surface area is 135 Å². The Balaban J connectivity index is 1.85. The number of nitrogens with two attached hydrogens (primary N) is 1. The molecule has 2 fully saturated rings. The maximum atomic E-state index is 6.09. The number of aliphatic imine (C=N–C) groups is 1. The summed E-state index contributed by atoms with van der Waals surface area (Å²) >= 11 is 0. The quantitative estimate of drug-likeness (QED) is 0.617. The molecule has 0 aromatic carbocycles. The van der Waals surface area contributed by atoms with Crippen LogP contribution in [0.4, 0.5) is 0 Å². The second kappa shape index (κ2) is 7.64. The number of ether oxygens (including phenoxy) is 1. The molecular formula is C17H34N4O. The number of hydrogen-bond acceptors (Lipinski definition) is 3. The van der Waals surface area contributed by atoms with Gasteiger partial charge in [-0.05, 0) is 40.5 Å². The van der Waals surface area contributed by atoms with Crippen molar-refractivity contribution in [2.24, 2.45) is 10.7 Å². The second-order valence-corrected chi connectivity index (χ2v) is 7.66. The first-order valence-electron chi connectivity index (χ1n) is 8.84. The summed E-state index contributed by atoms with van der Waals surface area (Å²) in [5.41, 5.74) is 6.10. The highest BCUT2D eigenvalue weighted by Crippen LogP contribution is 2.21. The van der Waals surface area contributed by atoms with Crippen LogP contribution in [0.2, 0.25) is 0 Å². The predicted molar refractivity (Wildman–Crippen MR) is 92.2 cm³/mol. The highest BCUT2D eigenvalue weighted by atomic mass is 16.5. The molecule has 5 nitrogen and oxygen atoms in total. The maximum Gasteiger partial charge on any atom is 0.188 e. The third-order valence-electron chi connectivity index (χ3n) is 4.87. The molecule has 1 saturated heterocycles.